The number of aliphatic carboxylic acids is 1. The smallest absolute Gasteiger partial charge is 0.326 e. The Bertz CT molecular complexity index is 559. The number of hydrogen-bond acceptors (Lipinski definition) is 7. The maximum Gasteiger partial charge on any atom is 0.326 e. The minimum atomic E-state index is -1.32. The first-order valence-electron chi connectivity index (χ1n) is 8.23. The maximum atomic E-state index is 12.4. The Hall–Kier alpha value is -2.34. The van der Waals surface area contributed by atoms with Crippen LogP contribution in [0.15, 0.2) is 0 Å². The summed E-state index contributed by atoms with van der Waals surface area (Å²) in [5.74, 6) is -3.46. The number of hydrogen-bond donors (Lipinski definition) is 6. The summed E-state index contributed by atoms with van der Waals surface area (Å²) < 4.78 is 0. The number of thioether (sulfide) groups is 1. The summed E-state index contributed by atoms with van der Waals surface area (Å²) in [7, 11) is 0. The molecule has 0 spiro atoms. The van der Waals surface area contributed by atoms with Crippen LogP contribution in [0, 0.1) is 0 Å². The molecule has 0 aromatic rings. The van der Waals surface area contributed by atoms with Crippen LogP contribution in [0.25, 0.3) is 0 Å². The number of carbonyl (C=O) groups excluding carboxylic acids is 4. The van der Waals surface area contributed by atoms with Crippen LogP contribution in [0.1, 0.15) is 32.1 Å². The maximum absolute atomic E-state index is 12.4. The molecule has 12 heteroatoms. The van der Waals surface area contributed by atoms with Gasteiger partial charge in [0.05, 0.1) is 6.04 Å². The number of rotatable bonds is 14. The Morgan fingerprint density at radius 1 is 0.889 bits per heavy atom. The van der Waals surface area contributed by atoms with Crippen LogP contribution in [0.4, 0.5) is 0 Å². The second kappa shape index (κ2) is 12.9. The van der Waals surface area contributed by atoms with Gasteiger partial charge in [-0.3, -0.25) is 19.2 Å². The summed E-state index contributed by atoms with van der Waals surface area (Å²) in [6.07, 6.45) is 1.61. The molecule has 0 bridgehead atoms. The van der Waals surface area contributed by atoms with E-state index in [1.165, 1.54) is 11.8 Å². The minimum absolute atomic E-state index is 0.0222. The number of nitrogens with two attached hydrogens (primary N) is 3. The lowest BCUT2D eigenvalue weighted by molar-refractivity contribution is -0.142. The normalized spacial score (nSPS) is 13.9. The third kappa shape index (κ3) is 11.1. The highest BCUT2D eigenvalue weighted by Crippen LogP contribution is 2.05. The van der Waals surface area contributed by atoms with Crippen LogP contribution in [0.2, 0.25) is 0 Å². The van der Waals surface area contributed by atoms with Crippen molar-refractivity contribution in [3.63, 3.8) is 0 Å². The molecule has 0 aliphatic heterocycles. The molecule has 0 saturated heterocycles. The number of carboxylic acids is 1. The third-order valence-corrected chi connectivity index (χ3v) is 4.22. The average Bonchev–Trinajstić information content (AvgIpc) is 2.58. The number of carboxylic acid groups (broad SMARTS) is 1. The van der Waals surface area contributed by atoms with E-state index in [9.17, 15) is 24.0 Å². The first-order chi connectivity index (χ1) is 12.6. The van der Waals surface area contributed by atoms with Gasteiger partial charge in [-0.25, -0.2) is 4.79 Å². The Kier molecular flexibility index (Phi) is 11.8. The molecular weight excluding hydrogens is 378 g/mol. The van der Waals surface area contributed by atoms with E-state index in [0.717, 1.165) is 0 Å². The summed E-state index contributed by atoms with van der Waals surface area (Å²) in [5, 5.41) is 13.9. The monoisotopic (exact) mass is 405 g/mol. The average molecular weight is 405 g/mol. The van der Waals surface area contributed by atoms with Gasteiger partial charge in [-0.15, -0.1) is 0 Å². The van der Waals surface area contributed by atoms with Crippen molar-refractivity contribution < 1.29 is 29.1 Å². The van der Waals surface area contributed by atoms with E-state index >= 15 is 0 Å². The summed E-state index contributed by atoms with van der Waals surface area (Å²) in [4.78, 5) is 57.4. The highest BCUT2D eigenvalue weighted by Gasteiger charge is 2.28. The largest absolute Gasteiger partial charge is 0.480 e. The summed E-state index contributed by atoms with van der Waals surface area (Å²) in [5.41, 5.74) is 15.7. The molecule has 154 valence electrons. The zero-order chi connectivity index (χ0) is 21.0. The molecule has 27 heavy (non-hydrogen) atoms. The highest BCUT2D eigenvalue weighted by molar-refractivity contribution is 7.98. The molecule has 0 aromatic heterocycles. The van der Waals surface area contributed by atoms with Gasteiger partial charge < -0.3 is 32.9 Å². The minimum Gasteiger partial charge on any atom is -0.480 e. The van der Waals surface area contributed by atoms with Gasteiger partial charge in [-0.1, -0.05) is 0 Å². The molecule has 0 rings (SSSR count). The molecule has 11 nitrogen and oxygen atoms in total. The van der Waals surface area contributed by atoms with E-state index in [2.05, 4.69) is 10.6 Å². The van der Waals surface area contributed by atoms with Crippen molar-refractivity contribution in [2.75, 3.05) is 12.0 Å². The van der Waals surface area contributed by atoms with E-state index in [1.807, 2.05) is 6.26 Å². The molecule has 0 aromatic carbocycles. The van der Waals surface area contributed by atoms with Crippen LogP contribution in [-0.4, -0.2) is 64.8 Å². The van der Waals surface area contributed by atoms with E-state index in [1.54, 1.807) is 0 Å². The van der Waals surface area contributed by atoms with Gasteiger partial charge in [0, 0.05) is 12.8 Å². The van der Waals surface area contributed by atoms with E-state index in [4.69, 9.17) is 22.3 Å². The van der Waals surface area contributed by atoms with Gasteiger partial charge in [0.2, 0.25) is 23.6 Å². The summed E-state index contributed by atoms with van der Waals surface area (Å²) in [6, 6.07) is -3.37. The number of carbonyl (C=O) groups is 5. The van der Waals surface area contributed by atoms with Crippen molar-refractivity contribution in [3.05, 3.63) is 0 Å². The van der Waals surface area contributed by atoms with Crippen molar-refractivity contribution in [1.29, 1.82) is 0 Å². The highest BCUT2D eigenvalue weighted by atomic mass is 32.2. The summed E-state index contributed by atoms with van der Waals surface area (Å²) in [6.45, 7) is 0. The lowest BCUT2D eigenvalue weighted by Gasteiger charge is -2.22. The predicted octanol–water partition coefficient (Wildman–Crippen LogP) is -2.35. The quantitative estimate of drug-likeness (QED) is 0.184. The van der Waals surface area contributed by atoms with Gasteiger partial charge in [-0.2, -0.15) is 11.8 Å². The molecule has 4 amide bonds. The first-order valence-corrected chi connectivity index (χ1v) is 9.62. The number of nitrogens with one attached hydrogen (secondary N) is 2. The van der Waals surface area contributed by atoms with Crippen molar-refractivity contribution >= 4 is 41.4 Å². The lowest BCUT2D eigenvalue weighted by Crippen LogP contribution is -2.54. The standard InChI is InChI=1S/C15H27N5O6S/c1-27-7-6-9(19-13(23)8(16)2-4-11(17)21)14(24)20-10(15(25)26)3-5-12(18)22/h8-10H,2-7,16H2,1H3,(H2,17,21)(H2,18,22)(H,19,23)(H,20,24)(H,25,26). The SMILES string of the molecule is CSCCC(NC(=O)C(N)CCC(N)=O)C(=O)NC(CCC(N)=O)C(=O)O. The molecular formula is C15H27N5O6S. The third-order valence-electron chi connectivity index (χ3n) is 3.58. The van der Waals surface area contributed by atoms with Gasteiger partial charge in [-0.05, 0) is 31.3 Å². The second-order valence-corrected chi connectivity index (χ2v) is 6.84. The molecule has 0 saturated carbocycles. The summed E-state index contributed by atoms with van der Waals surface area (Å²) >= 11 is 1.44. The molecule has 0 heterocycles. The number of primary amides is 2. The zero-order valence-electron chi connectivity index (χ0n) is 15.1. The Morgan fingerprint density at radius 2 is 1.41 bits per heavy atom. The van der Waals surface area contributed by atoms with Crippen LogP contribution in [0.3, 0.4) is 0 Å². The van der Waals surface area contributed by atoms with Gasteiger partial charge in [0.1, 0.15) is 12.1 Å². The van der Waals surface area contributed by atoms with Gasteiger partial charge in [0.25, 0.3) is 0 Å². The van der Waals surface area contributed by atoms with Crippen molar-refractivity contribution in [1.82, 2.24) is 10.6 Å². The van der Waals surface area contributed by atoms with Crippen LogP contribution < -0.4 is 27.8 Å². The molecule has 3 atom stereocenters. The molecule has 0 radical (unpaired) electrons. The zero-order valence-corrected chi connectivity index (χ0v) is 15.9. The van der Waals surface area contributed by atoms with Crippen LogP contribution in [0.5, 0.6) is 0 Å². The van der Waals surface area contributed by atoms with Crippen molar-refractivity contribution in [2.45, 2.75) is 50.2 Å². The van der Waals surface area contributed by atoms with Crippen LogP contribution >= 0.6 is 11.8 Å². The predicted molar refractivity (Wildman–Crippen MR) is 99.3 cm³/mol. The van der Waals surface area contributed by atoms with Crippen molar-refractivity contribution in [3.8, 4) is 0 Å². The Balaban J connectivity index is 4.95. The van der Waals surface area contributed by atoms with Crippen molar-refractivity contribution in [2.24, 2.45) is 17.2 Å². The van der Waals surface area contributed by atoms with Gasteiger partial charge in [0.15, 0.2) is 0 Å². The fraction of sp³-hybridized carbons (Fsp3) is 0.667. The Morgan fingerprint density at radius 3 is 1.89 bits per heavy atom. The lowest BCUT2D eigenvalue weighted by atomic mass is 10.1. The van der Waals surface area contributed by atoms with E-state index in [0.29, 0.717) is 5.75 Å². The fourth-order valence-electron chi connectivity index (χ4n) is 2.03. The first kappa shape index (κ1) is 24.7. The topological polar surface area (TPSA) is 208 Å². The van der Waals surface area contributed by atoms with E-state index in [-0.39, 0.29) is 32.1 Å². The molecule has 0 aliphatic rings. The van der Waals surface area contributed by atoms with Crippen LogP contribution in [-0.2, 0) is 24.0 Å². The fourth-order valence-corrected chi connectivity index (χ4v) is 2.50. The molecule has 9 N–H and O–H groups in total. The molecule has 0 aliphatic carbocycles. The van der Waals surface area contributed by atoms with Gasteiger partial charge >= 0.3 is 5.97 Å². The van der Waals surface area contributed by atoms with E-state index < -0.39 is 47.7 Å². The number of amides is 4. The molecule has 3 unspecified atom stereocenters. The second-order valence-electron chi connectivity index (χ2n) is 5.86. The molecule has 0 fully saturated rings. The Labute approximate surface area is 161 Å².